The Labute approximate surface area is 175 Å². The second-order valence-electron chi connectivity index (χ2n) is 7.43. The number of para-hydroxylation sites is 1. The molecule has 2 aromatic rings. The number of rotatable bonds is 6. The molecule has 1 aliphatic carbocycles. The van der Waals surface area contributed by atoms with Gasteiger partial charge in [0.15, 0.2) is 0 Å². The van der Waals surface area contributed by atoms with Crippen molar-refractivity contribution in [3.63, 3.8) is 0 Å². The van der Waals surface area contributed by atoms with E-state index in [0.29, 0.717) is 23.7 Å². The van der Waals surface area contributed by atoms with Gasteiger partial charge in [0.25, 0.3) is 0 Å². The van der Waals surface area contributed by atoms with Gasteiger partial charge >= 0.3 is 5.97 Å². The SMILES string of the molecule is CCOC(=O)c1c(NC(=O)CN2CCN(c3ccccc3)CC2)sc2c1CCC2. The maximum Gasteiger partial charge on any atom is 0.341 e. The second-order valence-corrected chi connectivity index (χ2v) is 8.53. The van der Waals surface area contributed by atoms with Crippen LogP contribution in [0.1, 0.15) is 34.1 Å². The van der Waals surface area contributed by atoms with Gasteiger partial charge in [-0.1, -0.05) is 18.2 Å². The molecule has 0 unspecified atom stereocenters. The molecule has 1 amide bonds. The van der Waals surface area contributed by atoms with Crippen LogP contribution in [0.3, 0.4) is 0 Å². The number of amides is 1. The molecule has 1 aromatic heterocycles. The van der Waals surface area contributed by atoms with Gasteiger partial charge in [0, 0.05) is 36.7 Å². The van der Waals surface area contributed by atoms with Gasteiger partial charge < -0.3 is 15.0 Å². The minimum atomic E-state index is -0.321. The van der Waals surface area contributed by atoms with E-state index in [0.717, 1.165) is 51.0 Å². The van der Waals surface area contributed by atoms with Crippen LogP contribution in [0.4, 0.5) is 10.7 Å². The molecular formula is C22H27N3O3S. The molecule has 0 radical (unpaired) electrons. The number of esters is 1. The third kappa shape index (κ3) is 4.46. The number of piperazine rings is 1. The lowest BCUT2D eigenvalue weighted by Crippen LogP contribution is -2.48. The lowest BCUT2D eigenvalue weighted by atomic mass is 10.1. The molecule has 0 saturated carbocycles. The Balaban J connectivity index is 1.35. The summed E-state index contributed by atoms with van der Waals surface area (Å²) in [5, 5.41) is 3.65. The van der Waals surface area contributed by atoms with Gasteiger partial charge in [-0.05, 0) is 43.9 Å². The third-order valence-corrected chi connectivity index (χ3v) is 6.72. The number of aryl methyl sites for hydroxylation is 1. The highest BCUT2D eigenvalue weighted by Gasteiger charge is 2.28. The van der Waals surface area contributed by atoms with Gasteiger partial charge in [0.1, 0.15) is 5.00 Å². The van der Waals surface area contributed by atoms with Gasteiger partial charge in [0.05, 0.1) is 18.7 Å². The van der Waals surface area contributed by atoms with E-state index in [1.165, 1.54) is 21.9 Å². The summed E-state index contributed by atoms with van der Waals surface area (Å²) in [7, 11) is 0. The number of carbonyl (C=O) groups excluding carboxylic acids is 2. The molecule has 7 heteroatoms. The molecule has 0 spiro atoms. The average molecular weight is 414 g/mol. The van der Waals surface area contributed by atoms with Gasteiger partial charge in [-0.25, -0.2) is 4.79 Å². The number of hydrogen-bond acceptors (Lipinski definition) is 6. The molecule has 6 nitrogen and oxygen atoms in total. The van der Waals surface area contributed by atoms with E-state index in [1.54, 1.807) is 6.92 Å². The Kier molecular flexibility index (Phi) is 6.16. The summed E-state index contributed by atoms with van der Waals surface area (Å²) in [6.07, 6.45) is 2.93. The van der Waals surface area contributed by atoms with Crippen LogP contribution < -0.4 is 10.2 Å². The number of nitrogens with one attached hydrogen (secondary N) is 1. The highest BCUT2D eigenvalue weighted by atomic mass is 32.1. The Hall–Kier alpha value is -2.38. The lowest BCUT2D eigenvalue weighted by Gasteiger charge is -2.35. The van der Waals surface area contributed by atoms with Crippen LogP contribution in [0.5, 0.6) is 0 Å². The molecule has 2 aliphatic rings. The van der Waals surface area contributed by atoms with Crippen molar-refractivity contribution in [2.75, 3.05) is 49.5 Å². The highest BCUT2D eigenvalue weighted by molar-refractivity contribution is 7.17. The summed E-state index contributed by atoms with van der Waals surface area (Å²) in [6.45, 7) is 5.97. The lowest BCUT2D eigenvalue weighted by molar-refractivity contribution is -0.117. The number of ether oxygens (including phenoxy) is 1. The standard InChI is InChI=1S/C22H27N3O3S/c1-2-28-22(27)20-17-9-6-10-18(17)29-21(20)23-19(26)15-24-11-13-25(14-12-24)16-7-4-3-5-8-16/h3-5,7-8H,2,6,9-15H2,1H3,(H,23,26). The molecule has 2 heterocycles. The number of fused-ring (bicyclic) bond motifs is 1. The van der Waals surface area contributed by atoms with Crippen LogP contribution >= 0.6 is 11.3 Å². The van der Waals surface area contributed by atoms with E-state index in [2.05, 4.69) is 39.4 Å². The summed E-state index contributed by atoms with van der Waals surface area (Å²) >= 11 is 1.53. The predicted octanol–water partition coefficient (Wildman–Crippen LogP) is 3.17. The van der Waals surface area contributed by atoms with Gasteiger partial charge in [0.2, 0.25) is 5.91 Å². The van der Waals surface area contributed by atoms with Gasteiger partial charge in [-0.3, -0.25) is 9.69 Å². The molecule has 1 fully saturated rings. The summed E-state index contributed by atoms with van der Waals surface area (Å²) in [4.78, 5) is 30.8. The molecule has 0 bridgehead atoms. The average Bonchev–Trinajstić information content (AvgIpc) is 3.30. The Morgan fingerprint density at radius 2 is 1.86 bits per heavy atom. The van der Waals surface area contributed by atoms with Crippen molar-refractivity contribution in [3.8, 4) is 0 Å². The monoisotopic (exact) mass is 413 g/mol. The second kappa shape index (κ2) is 8.97. The van der Waals surface area contributed by atoms with Crippen molar-refractivity contribution in [1.29, 1.82) is 0 Å². The van der Waals surface area contributed by atoms with Crippen LogP contribution in [0, 0.1) is 0 Å². The van der Waals surface area contributed by atoms with E-state index < -0.39 is 0 Å². The molecule has 1 saturated heterocycles. The van der Waals surface area contributed by atoms with Crippen molar-refractivity contribution in [2.24, 2.45) is 0 Å². The molecule has 4 rings (SSSR count). The van der Waals surface area contributed by atoms with Crippen LogP contribution in [0.15, 0.2) is 30.3 Å². The first-order chi connectivity index (χ1) is 14.2. The number of carbonyl (C=O) groups is 2. The number of benzene rings is 1. The topological polar surface area (TPSA) is 61.9 Å². The maximum absolute atomic E-state index is 12.7. The smallest absolute Gasteiger partial charge is 0.341 e. The zero-order valence-corrected chi connectivity index (χ0v) is 17.6. The quantitative estimate of drug-likeness (QED) is 0.737. The van der Waals surface area contributed by atoms with Crippen LogP contribution in [-0.2, 0) is 22.4 Å². The van der Waals surface area contributed by atoms with E-state index in [9.17, 15) is 9.59 Å². The van der Waals surface area contributed by atoms with E-state index in [-0.39, 0.29) is 11.9 Å². The molecule has 0 atom stereocenters. The minimum Gasteiger partial charge on any atom is -0.462 e. The summed E-state index contributed by atoms with van der Waals surface area (Å²) < 4.78 is 5.24. The van der Waals surface area contributed by atoms with Crippen LogP contribution in [-0.4, -0.2) is 56.1 Å². The Bertz CT molecular complexity index is 873. The fraction of sp³-hybridized carbons (Fsp3) is 0.455. The Morgan fingerprint density at radius 1 is 1.10 bits per heavy atom. The largest absolute Gasteiger partial charge is 0.462 e. The molecule has 154 valence electrons. The molecule has 1 N–H and O–H groups in total. The predicted molar refractivity (Wildman–Crippen MR) is 116 cm³/mol. The van der Waals surface area contributed by atoms with Crippen LogP contribution in [0.2, 0.25) is 0 Å². The molecule has 1 aliphatic heterocycles. The first-order valence-electron chi connectivity index (χ1n) is 10.3. The van der Waals surface area contributed by atoms with E-state index in [1.807, 2.05) is 6.07 Å². The first kappa shape index (κ1) is 19.9. The highest BCUT2D eigenvalue weighted by Crippen LogP contribution is 2.39. The minimum absolute atomic E-state index is 0.0661. The van der Waals surface area contributed by atoms with Crippen molar-refractivity contribution in [1.82, 2.24) is 4.90 Å². The third-order valence-electron chi connectivity index (χ3n) is 5.51. The number of thiophene rings is 1. The van der Waals surface area contributed by atoms with Crippen molar-refractivity contribution in [2.45, 2.75) is 26.2 Å². The molecular weight excluding hydrogens is 386 g/mol. The van der Waals surface area contributed by atoms with Crippen molar-refractivity contribution < 1.29 is 14.3 Å². The van der Waals surface area contributed by atoms with E-state index in [4.69, 9.17) is 4.74 Å². The zero-order valence-electron chi connectivity index (χ0n) is 16.8. The van der Waals surface area contributed by atoms with Gasteiger partial charge in [-0.2, -0.15) is 0 Å². The van der Waals surface area contributed by atoms with Gasteiger partial charge in [-0.15, -0.1) is 11.3 Å². The molecule has 29 heavy (non-hydrogen) atoms. The van der Waals surface area contributed by atoms with Crippen LogP contribution in [0.25, 0.3) is 0 Å². The van der Waals surface area contributed by atoms with Crippen molar-refractivity contribution in [3.05, 3.63) is 46.3 Å². The first-order valence-corrected chi connectivity index (χ1v) is 11.1. The fourth-order valence-corrected chi connectivity index (χ4v) is 5.38. The number of nitrogens with zero attached hydrogens (tertiary/aromatic N) is 2. The summed E-state index contributed by atoms with van der Waals surface area (Å²) in [5.74, 6) is -0.387. The maximum atomic E-state index is 12.7. The summed E-state index contributed by atoms with van der Waals surface area (Å²) in [5.41, 5.74) is 2.87. The zero-order chi connectivity index (χ0) is 20.2. The number of hydrogen-bond donors (Lipinski definition) is 1. The van der Waals surface area contributed by atoms with Crippen molar-refractivity contribution >= 4 is 33.9 Å². The van der Waals surface area contributed by atoms with E-state index >= 15 is 0 Å². The normalized spacial score (nSPS) is 16.5. The number of anilines is 2. The fourth-order valence-electron chi connectivity index (χ4n) is 4.08. The molecule has 1 aromatic carbocycles. The summed E-state index contributed by atoms with van der Waals surface area (Å²) in [6, 6.07) is 10.4. The Morgan fingerprint density at radius 3 is 2.59 bits per heavy atom.